The first kappa shape index (κ1) is 26.8. The number of rotatable bonds is 13. The van der Waals surface area contributed by atoms with E-state index in [2.05, 4.69) is 4.98 Å². The molecule has 0 unspecified atom stereocenters. The molecule has 0 saturated carbocycles. The largest absolute Gasteiger partial charge is 0.493 e. The number of benzene rings is 1. The van der Waals surface area contributed by atoms with Gasteiger partial charge in [-0.2, -0.15) is 0 Å². The topological polar surface area (TPSA) is 110 Å². The van der Waals surface area contributed by atoms with Crippen LogP contribution in [0, 0.1) is 5.92 Å². The molecule has 2 aromatic rings. The Hall–Kier alpha value is -3.46. The summed E-state index contributed by atoms with van der Waals surface area (Å²) in [6, 6.07) is 11.3. The van der Waals surface area contributed by atoms with Crippen LogP contribution in [0.3, 0.4) is 0 Å². The molecule has 0 aliphatic carbocycles. The molecule has 2 rings (SSSR count). The number of hydrogen-bond acceptors (Lipinski definition) is 9. The van der Waals surface area contributed by atoms with Crippen LogP contribution in [0.25, 0.3) is 0 Å². The van der Waals surface area contributed by atoms with E-state index in [0.29, 0.717) is 6.42 Å². The third-order valence-electron chi connectivity index (χ3n) is 5.12. The molecule has 0 aliphatic rings. The summed E-state index contributed by atoms with van der Waals surface area (Å²) in [4.78, 5) is 40.7. The number of hydrogen-bond donors (Lipinski definition) is 0. The highest BCUT2D eigenvalue weighted by atomic mass is 16.7. The molecule has 0 bridgehead atoms. The molecule has 0 spiro atoms. The quantitative estimate of drug-likeness (QED) is 0.246. The second kappa shape index (κ2) is 13.3. The minimum Gasteiger partial charge on any atom is -0.493 e. The predicted octanol–water partition coefficient (Wildman–Crippen LogP) is 3.39. The molecule has 0 aliphatic heterocycles. The van der Waals surface area contributed by atoms with E-state index in [9.17, 15) is 14.4 Å². The molecule has 184 valence electrons. The first-order chi connectivity index (χ1) is 16.3. The van der Waals surface area contributed by atoms with Gasteiger partial charge in [-0.1, -0.05) is 37.3 Å². The van der Waals surface area contributed by atoms with Crippen LogP contribution in [0.1, 0.15) is 43.2 Å². The van der Waals surface area contributed by atoms with E-state index >= 15 is 0 Å². The van der Waals surface area contributed by atoms with Gasteiger partial charge in [-0.3, -0.25) is 14.4 Å². The van der Waals surface area contributed by atoms with Gasteiger partial charge in [0, 0.05) is 39.1 Å². The van der Waals surface area contributed by atoms with Crippen molar-refractivity contribution >= 4 is 17.7 Å². The van der Waals surface area contributed by atoms with Crippen LogP contribution < -0.4 is 9.47 Å². The Balaban J connectivity index is 2.02. The fourth-order valence-corrected chi connectivity index (χ4v) is 3.22. The lowest BCUT2D eigenvalue weighted by molar-refractivity contribution is -0.159. The zero-order chi connectivity index (χ0) is 25.1. The van der Waals surface area contributed by atoms with Crippen molar-refractivity contribution in [1.82, 2.24) is 4.98 Å². The molecule has 1 aromatic carbocycles. The van der Waals surface area contributed by atoms with Gasteiger partial charge in [0.1, 0.15) is 6.10 Å². The summed E-state index contributed by atoms with van der Waals surface area (Å²) in [5.74, 6) is -1.96. The van der Waals surface area contributed by atoms with Gasteiger partial charge in [0.25, 0.3) is 0 Å². The zero-order valence-corrected chi connectivity index (χ0v) is 20.1. The van der Waals surface area contributed by atoms with Crippen molar-refractivity contribution in [3.8, 4) is 11.5 Å². The lowest BCUT2D eigenvalue weighted by Crippen LogP contribution is -2.34. The Kier molecular flexibility index (Phi) is 10.5. The summed E-state index contributed by atoms with van der Waals surface area (Å²) < 4.78 is 26.5. The van der Waals surface area contributed by atoms with E-state index in [1.807, 2.05) is 30.3 Å². The number of esters is 2. The number of nitrogens with zero attached hydrogens (tertiary/aromatic N) is 1. The molecule has 9 heteroatoms. The highest BCUT2D eigenvalue weighted by molar-refractivity contribution is 5.99. The first-order valence-corrected chi connectivity index (χ1v) is 10.9. The van der Waals surface area contributed by atoms with Crippen LogP contribution in [0.5, 0.6) is 11.5 Å². The van der Waals surface area contributed by atoms with Crippen molar-refractivity contribution in [2.24, 2.45) is 5.92 Å². The average molecular weight is 474 g/mol. The van der Waals surface area contributed by atoms with Crippen molar-refractivity contribution in [2.75, 3.05) is 21.0 Å². The minimum absolute atomic E-state index is 0.0296. The third-order valence-corrected chi connectivity index (χ3v) is 5.12. The summed E-state index contributed by atoms with van der Waals surface area (Å²) in [7, 11) is 2.97. The summed E-state index contributed by atoms with van der Waals surface area (Å²) in [5, 5.41) is 0. The van der Waals surface area contributed by atoms with Crippen molar-refractivity contribution in [3.63, 3.8) is 0 Å². The summed E-state index contributed by atoms with van der Waals surface area (Å²) in [6.07, 6.45) is 0.952. The van der Waals surface area contributed by atoms with E-state index in [1.54, 1.807) is 21.0 Å². The number of methoxy groups -OCH3 is 2. The van der Waals surface area contributed by atoms with Crippen molar-refractivity contribution in [2.45, 2.75) is 45.8 Å². The molecule has 0 radical (unpaired) electrons. The molecule has 0 amide bonds. The van der Waals surface area contributed by atoms with Gasteiger partial charge in [-0.15, -0.1) is 0 Å². The summed E-state index contributed by atoms with van der Waals surface area (Å²) in [5.41, 5.74) is 1.03. The van der Waals surface area contributed by atoms with Crippen molar-refractivity contribution in [3.05, 3.63) is 53.9 Å². The number of carbonyl (C=O) groups is 3. The van der Waals surface area contributed by atoms with Gasteiger partial charge in [0.05, 0.1) is 19.1 Å². The third kappa shape index (κ3) is 7.84. The number of aromatic nitrogens is 1. The molecule has 1 aromatic heterocycles. The monoisotopic (exact) mass is 473 g/mol. The van der Waals surface area contributed by atoms with Gasteiger partial charge in [0.15, 0.2) is 23.0 Å². The Labute approximate surface area is 199 Å². The molecule has 0 saturated heterocycles. The van der Waals surface area contributed by atoms with Crippen LogP contribution in [0.15, 0.2) is 42.6 Å². The molecule has 1 heterocycles. The summed E-state index contributed by atoms with van der Waals surface area (Å²) >= 11 is 0. The van der Waals surface area contributed by atoms with E-state index in [1.165, 1.54) is 26.3 Å². The van der Waals surface area contributed by atoms with Crippen LogP contribution in [-0.2, 0) is 30.2 Å². The molecule has 0 N–H and O–H groups in total. The van der Waals surface area contributed by atoms with Crippen LogP contribution >= 0.6 is 0 Å². The lowest BCUT2D eigenvalue weighted by atomic mass is 10.0. The SMILES string of the molecule is COc1ccnc(C(=O)C[C@@H](C)C(=O)O[C@@H](C)[C@@H](Cc2ccccc2)OC)c1OCOC(C)=O. The number of pyridine rings is 1. The van der Waals surface area contributed by atoms with Crippen molar-refractivity contribution < 1.29 is 38.1 Å². The van der Waals surface area contributed by atoms with E-state index in [0.717, 1.165) is 5.56 Å². The Bertz CT molecular complexity index is 963. The van der Waals surface area contributed by atoms with Crippen LogP contribution in [-0.4, -0.2) is 55.9 Å². The van der Waals surface area contributed by atoms with Crippen LogP contribution in [0.4, 0.5) is 0 Å². The molecular formula is C25H31NO8. The zero-order valence-electron chi connectivity index (χ0n) is 20.1. The van der Waals surface area contributed by atoms with Crippen LogP contribution in [0.2, 0.25) is 0 Å². The van der Waals surface area contributed by atoms with E-state index in [-0.39, 0.29) is 29.7 Å². The fraction of sp³-hybridized carbons (Fsp3) is 0.440. The van der Waals surface area contributed by atoms with Gasteiger partial charge >= 0.3 is 11.9 Å². The Morgan fingerprint density at radius 2 is 1.74 bits per heavy atom. The maximum absolute atomic E-state index is 12.9. The lowest BCUT2D eigenvalue weighted by Gasteiger charge is -2.24. The molecular weight excluding hydrogens is 442 g/mol. The molecule has 9 nitrogen and oxygen atoms in total. The smallest absolute Gasteiger partial charge is 0.309 e. The Morgan fingerprint density at radius 1 is 1.03 bits per heavy atom. The maximum Gasteiger partial charge on any atom is 0.309 e. The fourth-order valence-electron chi connectivity index (χ4n) is 3.22. The molecule has 3 atom stereocenters. The highest BCUT2D eigenvalue weighted by Crippen LogP contribution is 2.31. The molecule has 0 fully saturated rings. The summed E-state index contributed by atoms with van der Waals surface area (Å²) in [6.45, 7) is 4.18. The van der Waals surface area contributed by atoms with E-state index in [4.69, 9.17) is 23.7 Å². The van der Waals surface area contributed by atoms with Crippen molar-refractivity contribution in [1.29, 1.82) is 0 Å². The maximum atomic E-state index is 12.9. The normalized spacial score (nSPS) is 13.3. The standard InChI is InChI=1S/C25H31NO8/c1-16(25(29)34-17(2)22(31-5)14-19-9-7-6-8-10-19)13-20(28)23-24(33-15-32-18(3)27)21(30-4)11-12-26-23/h6-12,16-17,22H,13-15H2,1-5H3/t16-,17+,22-/m1/s1. The molecule has 34 heavy (non-hydrogen) atoms. The van der Waals surface area contributed by atoms with Gasteiger partial charge < -0.3 is 23.7 Å². The van der Waals surface area contributed by atoms with Gasteiger partial charge in [-0.05, 0) is 12.5 Å². The number of Topliss-reactive ketones (excluding diaryl/α,β-unsaturated/α-hetero) is 1. The average Bonchev–Trinajstić information content (AvgIpc) is 2.82. The number of carbonyl (C=O) groups excluding carboxylic acids is 3. The second-order valence-electron chi connectivity index (χ2n) is 7.72. The number of ketones is 1. The predicted molar refractivity (Wildman–Crippen MR) is 123 cm³/mol. The Morgan fingerprint density at radius 3 is 2.35 bits per heavy atom. The van der Waals surface area contributed by atoms with E-state index < -0.39 is 36.5 Å². The van der Waals surface area contributed by atoms with Gasteiger partial charge in [0.2, 0.25) is 6.79 Å². The second-order valence-corrected chi connectivity index (χ2v) is 7.72. The number of ether oxygens (including phenoxy) is 5. The minimum atomic E-state index is -0.737. The first-order valence-electron chi connectivity index (χ1n) is 10.9. The highest BCUT2D eigenvalue weighted by Gasteiger charge is 2.28. The van der Waals surface area contributed by atoms with Gasteiger partial charge in [-0.25, -0.2) is 4.98 Å².